The monoisotopic (exact) mass is 364 g/mol. The summed E-state index contributed by atoms with van der Waals surface area (Å²) in [6.07, 6.45) is 1.33. The van der Waals surface area contributed by atoms with Gasteiger partial charge in [0.25, 0.3) is 5.91 Å². The first-order valence-corrected chi connectivity index (χ1v) is 8.71. The Kier molecular flexibility index (Phi) is 5.89. The van der Waals surface area contributed by atoms with Crippen molar-refractivity contribution in [1.29, 1.82) is 0 Å². The molecule has 0 radical (unpaired) electrons. The molecule has 2 aromatic carbocycles. The van der Waals surface area contributed by atoms with Gasteiger partial charge in [-0.15, -0.1) is 6.58 Å². The number of sulfonamides is 1. The zero-order valence-corrected chi connectivity index (χ0v) is 14.3. The maximum absolute atomic E-state index is 13.9. The van der Waals surface area contributed by atoms with Crippen LogP contribution in [0.1, 0.15) is 10.4 Å². The van der Waals surface area contributed by atoms with Crippen molar-refractivity contribution < 1.29 is 22.3 Å². The van der Waals surface area contributed by atoms with Gasteiger partial charge in [0.15, 0.2) is 0 Å². The van der Waals surface area contributed by atoms with Crippen LogP contribution >= 0.6 is 0 Å². The quantitative estimate of drug-likeness (QED) is 0.740. The lowest BCUT2D eigenvalue weighted by molar-refractivity contribution is 0.102. The van der Waals surface area contributed by atoms with Crippen LogP contribution in [0.15, 0.2) is 60.0 Å². The summed E-state index contributed by atoms with van der Waals surface area (Å²) in [4.78, 5) is 11.7. The molecule has 0 spiro atoms. The molecule has 0 aliphatic rings. The van der Waals surface area contributed by atoms with Crippen LogP contribution in [0.5, 0.6) is 5.75 Å². The minimum absolute atomic E-state index is 0.0104. The summed E-state index contributed by atoms with van der Waals surface area (Å²) < 4.78 is 45.2. The van der Waals surface area contributed by atoms with E-state index in [2.05, 4.69) is 16.6 Å². The largest absolute Gasteiger partial charge is 0.497 e. The van der Waals surface area contributed by atoms with E-state index in [1.807, 2.05) is 0 Å². The van der Waals surface area contributed by atoms with Gasteiger partial charge in [0, 0.05) is 17.8 Å². The van der Waals surface area contributed by atoms with Crippen molar-refractivity contribution in [3.05, 3.63) is 66.5 Å². The standard InChI is InChI=1S/C17H17FN2O4S/c1-3-10-19-25(22,23)16-11-12(4-9-15(16)18)17(21)20-13-5-7-14(24-2)8-6-13/h3-9,11,19H,1,10H2,2H3,(H,20,21). The van der Waals surface area contributed by atoms with E-state index in [4.69, 9.17) is 4.74 Å². The molecule has 0 fully saturated rings. The number of halogens is 1. The lowest BCUT2D eigenvalue weighted by atomic mass is 10.2. The lowest BCUT2D eigenvalue weighted by Gasteiger charge is -2.09. The summed E-state index contributed by atoms with van der Waals surface area (Å²) in [6, 6.07) is 9.71. The number of hydrogen-bond donors (Lipinski definition) is 2. The molecule has 0 bridgehead atoms. The van der Waals surface area contributed by atoms with Crippen molar-refractivity contribution >= 4 is 21.6 Å². The Hall–Kier alpha value is -2.71. The third-order valence-electron chi connectivity index (χ3n) is 3.25. The van der Waals surface area contributed by atoms with Gasteiger partial charge < -0.3 is 10.1 Å². The summed E-state index contributed by atoms with van der Waals surface area (Å²) in [5.41, 5.74) is 0.500. The van der Waals surface area contributed by atoms with Crippen molar-refractivity contribution in [2.45, 2.75) is 4.90 Å². The van der Waals surface area contributed by atoms with Crippen LogP contribution < -0.4 is 14.8 Å². The van der Waals surface area contributed by atoms with E-state index >= 15 is 0 Å². The molecule has 8 heteroatoms. The van der Waals surface area contributed by atoms with Gasteiger partial charge in [-0.1, -0.05) is 6.08 Å². The van der Waals surface area contributed by atoms with Crippen LogP contribution in [-0.4, -0.2) is 28.0 Å². The fourth-order valence-corrected chi connectivity index (χ4v) is 3.07. The molecule has 6 nitrogen and oxygen atoms in total. The molecular formula is C17H17FN2O4S. The van der Waals surface area contributed by atoms with E-state index < -0.39 is 26.6 Å². The fourth-order valence-electron chi connectivity index (χ4n) is 1.97. The SMILES string of the molecule is C=CCNS(=O)(=O)c1cc(C(=O)Nc2ccc(OC)cc2)ccc1F. The number of amides is 1. The number of anilines is 1. The molecule has 132 valence electrons. The Morgan fingerprint density at radius 2 is 1.92 bits per heavy atom. The molecule has 0 heterocycles. The molecule has 0 saturated heterocycles. The minimum Gasteiger partial charge on any atom is -0.497 e. The summed E-state index contributed by atoms with van der Waals surface area (Å²) in [6.45, 7) is 3.34. The van der Waals surface area contributed by atoms with Crippen LogP contribution in [0.4, 0.5) is 10.1 Å². The fraction of sp³-hybridized carbons (Fsp3) is 0.118. The van der Waals surface area contributed by atoms with Crippen LogP contribution in [0.3, 0.4) is 0 Å². The summed E-state index contributed by atoms with van der Waals surface area (Å²) in [5.74, 6) is -0.885. The van der Waals surface area contributed by atoms with Gasteiger partial charge in [-0.25, -0.2) is 17.5 Å². The molecule has 2 rings (SSSR count). The second kappa shape index (κ2) is 7.91. The zero-order chi connectivity index (χ0) is 18.4. The molecule has 2 aromatic rings. The number of benzene rings is 2. The first-order chi connectivity index (χ1) is 11.9. The molecule has 25 heavy (non-hydrogen) atoms. The first-order valence-electron chi connectivity index (χ1n) is 7.23. The maximum Gasteiger partial charge on any atom is 0.255 e. The highest BCUT2D eigenvalue weighted by Crippen LogP contribution is 2.19. The maximum atomic E-state index is 13.9. The number of carbonyl (C=O) groups is 1. The summed E-state index contributed by atoms with van der Waals surface area (Å²) >= 11 is 0. The number of ether oxygens (including phenoxy) is 1. The van der Waals surface area contributed by atoms with Crippen molar-refractivity contribution in [2.75, 3.05) is 19.0 Å². The van der Waals surface area contributed by atoms with Gasteiger partial charge in [0.05, 0.1) is 7.11 Å². The smallest absolute Gasteiger partial charge is 0.255 e. The van der Waals surface area contributed by atoms with Crippen molar-refractivity contribution in [1.82, 2.24) is 4.72 Å². The van der Waals surface area contributed by atoms with E-state index in [1.54, 1.807) is 24.3 Å². The number of rotatable bonds is 7. The highest BCUT2D eigenvalue weighted by atomic mass is 32.2. The third kappa shape index (κ3) is 4.65. The van der Waals surface area contributed by atoms with Gasteiger partial charge in [-0.2, -0.15) is 0 Å². The normalized spacial score (nSPS) is 11.0. The van der Waals surface area contributed by atoms with Crippen LogP contribution in [0.2, 0.25) is 0 Å². The predicted molar refractivity (Wildman–Crippen MR) is 92.7 cm³/mol. The van der Waals surface area contributed by atoms with Crippen LogP contribution in [-0.2, 0) is 10.0 Å². The molecule has 1 amide bonds. The average Bonchev–Trinajstić information content (AvgIpc) is 2.60. The summed E-state index contributed by atoms with van der Waals surface area (Å²) in [5, 5.41) is 2.60. The van der Waals surface area contributed by atoms with E-state index in [0.717, 1.165) is 12.1 Å². The second-order valence-corrected chi connectivity index (χ2v) is 6.70. The van der Waals surface area contributed by atoms with Gasteiger partial charge in [0.2, 0.25) is 10.0 Å². The zero-order valence-electron chi connectivity index (χ0n) is 13.5. The molecule has 0 unspecified atom stereocenters. The highest BCUT2D eigenvalue weighted by Gasteiger charge is 2.20. The molecule has 0 aromatic heterocycles. The molecular weight excluding hydrogens is 347 g/mol. The number of nitrogens with one attached hydrogen (secondary N) is 2. The molecule has 0 aliphatic heterocycles. The van der Waals surface area contributed by atoms with Crippen molar-refractivity contribution in [3.8, 4) is 5.75 Å². The van der Waals surface area contributed by atoms with Crippen LogP contribution in [0.25, 0.3) is 0 Å². The Bertz CT molecular complexity index is 880. The van der Waals surface area contributed by atoms with E-state index in [1.165, 1.54) is 19.3 Å². The lowest BCUT2D eigenvalue weighted by Crippen LogP contribution is -2.25. The van der Waals surface area contributed by atoms with E-state index in [9.17, 15) is 17.6 Å². The Balaban J connectivity index is 2.25. The Labute approximate surface area is 145 Å². The average molecular weight is 364 g/mol. The Morgan fingerprint density at radius 1 is 1.24 bits per heavy atom. The van der Waals surface area contributed by atoms with Gasteiger partial charge >= 0.3 is 0 Å². The van der Waals surface area contributed by atoms with Gasteiger partial charge in [0.1, 0.15) is 16.5 Å². The van der Waals surface area contributed by atoms with Crippen LogP contribution in [0, 0.1) is 5.82 Å². The van der Waals surface area contributed by atoms with E-state index in [-0.39, 0.29) is 12.1 Å². The minimum atomic E-state index is -4.08. The predicted octanol–water partition coefficient (Wildman–Crippen LogP) is 2.55. The number of carbonyl (C=O) groups excluding carboxylic acids is 1. The number of hydrogen-bond acceptors (Lipinski definition) is 4. The molecule has 0 aliphatic carbocycles. The Morgan fingerprint density at radius 3 is 2.52 bits per heavy atom. The third-order valence-corrected chi connectivity index (χ3v) is 4.69. The van der Waals surface area contributed by atoms with Gasteiger partial charge in [-0.05, 0) is 42.5 Å². The summed E-state index contributed by atoms with van der Waals surface area (Å²) in [7, 11) is -2.56. The second-order valence-electron chi connectivity index (χ2n) is 4.97. The topological polar surface area (TPSA) is 84.5 Å². The van der Waals surface area contributed by atoms with E-state index in [0.29, 0.717) is 11.4 Å². The molecule has 0 saturated carbocycles. The number of methoxy groups -OCH3 is 1. The van der Waals surface area contributed by atoms with Gasteiger partial charge in [-0.3, -0.25) is 4.79 Å². The highest BCUT2D eigenvalue weighted by molar-refractivity contribution is 7.89. The first kappa shape index (κ1) is 18.6. The molecule has 0 atom stereocenters. The van der Waals surface area contributed by atoms with Crippen molar-refractivity contribution in [2.24, 2.45) is 0 Å². The van der Waals surface area contributed by atoms with Crippen molar-refractivity contribution in [3.63, 3.8) is 0 Å². The molecule has 2 N–H and O–H groups in total.